The number of allylic oxidation sites excluding steroid dienone is 4. The maximum atomic E-state index is 12.8. The molecule has 31 heavy (non-hydrogen) atoms. The SMILES string of the molecule is OC(COC1=CC=C([SiH](c2ccccc2)c2ccccc2)CC1)(C(F)(F)F)C(F)(F)F. The molecule has 0 saturated carbocycles. The fourth-order valence-electron chi connectivity index (χ4n) is 3.43. The Morgan fingerprint density at radius 3 is 1.61 bits per heavy atom. The highest BCUT2D eigenvalue weighted by Gasteiger charge is 2.71. The van der Waals surface area contributed by atoms with Crippen LogP contribution in [0.1, 0.15) is 12.8 Å². The van der Waals surface area contributed by atoms with Gasteiger partial charge in [0.15, 0.2) is 0 Å². The number of alkyl halides is 6. The highest BCUT2D eigenvalue weighted by molar-refractivity contribution is 6.90. The van der Waals surface area contributed by atoms with Crippen molar-refractivity contribution in [2.45, 2.75) is 30.8 Å². The van der Waals surface area contributed by atoms with Gasteiger partial charge < -0.3 is 9.84 Å². The first-order chi connectivity index (χ1) is 14.5. The Hall–Kier alpha value is -2.52. The topological polar surface area (TPSA) is 29.5 Å². The fraction of sp³-hybridized carbons (Fsp3) is 0.273. The van der Waals surface area contributed by atoms with Gasteiger partial charge in [-0.1, -0.05) is 82.3 Å². The van der Waals surface area contributed by atoms with E-state index in [1.807, 2.05) is 60.7 Å². The Balaban J connectivity index is 1.83. The van der Waals surface area contributed by atoms with Crippen LogP contribution in [-0.4, -0.2) is 38.5 Å². The lowest BCUT2D eigenvalue weighted by atomic mass is 10.0. The van der Waals surface area contributed by atoms with Gasteiger partial charge in [0.2, 0.25) is 0 Å². The van der Waals surface area contributed by atoms with Crippen LogP contribution in [0.2, 0.25) is 0 Å². The van der Waals surface area contributed by atoms with Gasteiger partial charge in [0.05, 0.1) is 5.76 Å². The van der Waals surface area contributed by atoms with Gasteiger partial charge in [-0.3, -0.25) is 0 Å². The van der Waals surface area contributed by atoms with Crippen molar-refractivity contribution in [3.63, 3.8) is 0 Å². The fourth-order valence-corrected chi connectivity index (χ4v) is 6.61. The molecule has 1 aliphatic rings. The summed E-state index contributed by atoms with van der Waals surface area (Å²) in [5.41, 5.74) is -4.92. The van der Waals surface area contributed by atoms with Crippen LogP contribution in [0.5, 0.6) is 0 Å². The van der Waals surface area contributed by atoms with E-state index in [2.05, 4.69) is 0 Å². The van der Waals surface area contributed by atoms with E-state index in [0.29, 0.717) is 6.42 Å². The molecule has 2 aromatic carbocycles. The molecule has 9 heteroatoms. The summed E-state index contributed by atoms with van der Waals surface area (Å²) in [6.07, 6.45) is -8.09. The average molecular weight is 458 g/mol. The molecule has 2 nitrogen and oxygen atoms in total. The molecule has 0 saturated heterocycles. The first-order valence-corrected chi connectivity index (χ1v) is 11.2. The van der Waals surface area contributed by atoms with Crippen molar-refractivity contribution in [1.29, 1.82) is 0 Å². The molecular weight excluding hydrogens is 438 g/mol. The first kappa shape index (κ1) is 23.1. The van der Waals surface area contributed by atoms with Gasteiger partial charge in [0, 0.05) is 6.42 Å². The minimum Gasteiger partial charge on any atom is -0.494 e. The van der Waals surface area contributed by atoms with E-state index in [0.717, 1.165) is 15.6 Å². The molecule has 0 aromatic heterocycles. The average Bonchev–Trinajstić information content (AvgIpc) is 2.73. The Bertz CT molecular complexity index is 882. The summed E-state index contributed by atoms with van der Waals surface area (Å²) in [5.74, 6) is -0.0236. The number of ether oxygens (including phenoxy) is 1. The van der Waals surface area contributed by atoms with Crippen LogP contribution in [0.15, 0.2) is 83.8 Å². The van der Waals surface area contributed by atoms with E-state index < -0.39 is 33.4 Å². The Kier molecular flexibility index (Phi) is 6.66. The largest absolute Gasteiger partial charge is 0.494 e. The van der Waals surface area contributed by atoms with Crippen molar-refractivity contribution in [3.05, 3.63) is 83.8 Å². The van der Waals surface area contributed by atoms with Crippen molar-refractivity contribution in [2.24, 2.45) is 0 Å². The summed E-state index contributed by atoms with van der Waals surface area (Å²) in [7, 11) is -1.82. The van der Waals surface area contributed by atoms with E-state index in [1.54, 1.807) is 6.08 Å². The zero-order valence-corrected chi connectivity index (χ0v) is 17.4. The van der Waals surface area contributed by atoms with E-state index >= 15 is 0 Å². The number of hydrogen-bond acceptors (Lipinski definition) is 2. The molecule has 1 aliphatic carbocycles. The highest BCUT2D eigenvalue weighted by atomic mass is 28.3. The lowest BCUT2D eigenvalue weighted by Crippen LogP contribution is -2.59. The lowest BCUT2D eigenvalue weighted by Gasteiger charge is -2.32. The standard InChI is InChI=1S/C22H20F6O2Si/c23-21(24,25)20(29,22(26,27)28)15-30-16-11-13-19(14-12-16)31(17-7-3-1-4-8-17)18-9-5-2-6-10-18/h1-11,13,29,31H,12,14-15H2. The third-order valence-electron chi connectivity index (χ3n) is 5.18. The zero-order valence-electron chi connectivity index (χ0n) is 16.3. The quantitative estimate of drug-likeness (QED) is 0.523. The second kappa shape index (κ2) is 8.92. The molecule has 0 unspecified atom stereocenters. The van der Waals surface area contributed by atoms with Crippen molar-refractivity contribution in [1.82, 2.24) is 0 Å². The van der Waals surface area contributed by atoms with Crippen LogP contribution in [0.25, 0.3) is 0 Å². The van der Waals surface area contributed by atoms with Crippen molar-refractivity contribution < 1.29 is 36.2 Å². The Labute approximate surface area is 177 Å². The van der Waals surface area contributed by atoms with Gasteiger partial charge in [0.25, 0.3) is 5.60 Å². The smallest absolute Gasteiger partial charge is 0.429 e. The molecule has 1 N–H and O–H groups in total. The number of halogens is 6. The minimum absolute atomic E-state index is 0.0236. The number of aliphatic hydroxyl groups is 1. The second-order valence-corrected chi connectivity index (χ2v) is 10.2. The van der Waals surface area contributed by atoms with Crippen LogP contribution in [0, 0.1) is 0 Å². The van der Waals surface area contributed by atoms with Crippen LogP contribution < -0.4 is 10.4 Å². The van der Waals surface area contributed by atoms with Gasteiger partial charge >= 0.3 is 12.4 Å². The lowest BCUT2D eigenvalue weighted by molar-refractivity contribution is -0.376. The predicted octanol–water partition coefficient (Wildman–Crippen LogP) is 4.04. The van der Waals surface area contributed by atoms with Crippen LogP contribution in [0.4, 0.5) is 26.3 Å². The Morgan fingerprint density at radius 2 is 1.23 bits per heavy atom. The maximum Gasteiger partial charge on any atom is 0.429 e. The summed E-state index contributed by atoms with van der Waals surface area (Å²) < 4.78 is 81.7. The summed E-state index contributed by atoms with van der Waals surface area (Å²) >= 11 is 0. The summed E-state index contributed by atoms with van der Waals surface area (Å²) in [5, 5.41) is 12.6. The van der Waals surface area contributed by atoms with Crippen LogP contribution in [-0.2, 0) is 4.74 Å². The molecule has 0 bridgehead atoms. The molecule has 0 radical (unpaired) electrons. The Morgan fingerprint density at radius 1 is 0.742 bits per heavy atom. The normalized spacial score (nSPS) is 15.5. The molecule has 0 aliphatic heterocycles. The third-order valence-corrected chi connectivity index (χ3v) is 8.51. The van der Waals surface area contributed by atoms with Crippen molar-refractivity contribution in [2.75, 3.05) is 6.61 Å². The van der Waals surface area contributed by atoms with E-state index in [9.17, 15) is 31.4 Å². The van der Waals surface area contributed by atoms with Gasteiger partial charge in [-0.25, -0.2) is 0 Å². The molecular formula is C22H20F6O2Si. The van der Waals surface area contributed by atoms with Gasteiger partial charge in [-0.05, 0) is 12.5 Å². The van der Waals surface area contributed by atoms with Crippen molar-refractivity contribution in [3.8, 4) is 0 Å². The maximum absolute atomic E-state index is 12.8. The van der Waals surface area contributed by atoms with E-state index in [4.69, 9.17) is 4.74 Å². The molecule has 166 valence electrons. The number of rotatable bonds is 6. The van der Waals surface area contributed by atoms with Gasteiger partial charge in [-0.15, -0.1) is 0 Å². The summed E-state index contributed by atoms with van der Waals surface area (Å²) in [4.78, 5) is 0. The van der Waals surface area contributed by atoms with E-state index in [1.165, 1.54) is 6.08 Å². The minimum atomic E-state index is -5.90. The molecule has 0 atom stereocenters. The molecule has 0 heterocycles. The zero-order chi connectivity index (χ0) is 22.7. The summed E-state index contributed by atoms with van der Waals surface area (Å²) in [6, 6.07) is 19.6. The molecule has 0 fully saturated rings. The molecule has 3 rings (SSSR count). The van der Waals surface area contributed by atoms with Crippen molar-refractivity contribution >= 4 is 19.2 Å². The molecule has 0 spiro atoms. The monoisotopic (exact) mass is 458 g/mol. The number of benzene rings is 2. The van der Waals surface area contributed by atoms with Gasteiger partial charge in [0.1, 0.15) is 15.4 Å². The summed E-state index contributed by atoms with van der Waals surface area (Å²) in [6.45, 7) is -1.94. The van der Waals surface area contributed by atoms with E-state index in [-0.39, 0.29) is 12.2 Å². The number of hydrogen-bond donors (Lipinski definition) is 1. The van der Waals surface area contributed by atoms with Crippen LogP contribution in [0.3, 0.4) is 0 Å². The molecule has 2 aromatic rings. The first-order valence-electron chi connectivity index (χ1n) is 9.51. The third kappa shape index (κ3) is 5.04. The molecule has 0 amide bonds. The predicted molar refractivity (Wildman–Crippen MR) is 108 cm³/mol. The van der Waals surface area contributed by atoms with Gasteiger partial charge in [-0.2, -0.15) is 26.3 Å². The highest BCUT2D eigenvalue weighted by Crippen LogP contribution is 2.43. The second-order valence-electron chi connectivity index (χ2n) is 7.27. The van der Waals surface area contributed by atoms with Crippen LogP contribution >= 0.6 is 0 Å².